The van der Waals surface area contributed by atoms with Crippen molar-refractivity contribution in [3.05, 3.63) is 102 Å². The molecule has 1 unspecified atom stereocenters. The number of aryl methyl sites for hydroxylation is 1. The summed E-state index contributed by atoms with van der Waals surface area (Å²) in [6.45, 7) is 4.00. The number of fused-ring (bicyclic) bond motifs is 1. The van der Waals surface area contributed by atoms with Crippen LogP contribution in [0.2, 0.25) is 0 Å². The second kappa shape index (κ2) is 7.28. The molecule has 0 radical (unpaired) electrons. The van der Waals surface area contributed by atoms with Crippen molar-refractivity contribution < 1.29 is 8.42 Å². The maximum atomic E-state index is 13.7. The molecule has 0 aliphatic carbocycles. The quantitative estimate of drug-likeness (QED) is 0.614. The summed E-state index contributed by atoms with van der Waals surface area (Å²) < 4.78 is 28.9. The molecule has 0 amide bonds. The number of hydrogen-bond donors (Lipinski definition) is 0. The predicted molar refractivity (Wildman–Crippen MR) is 115 cm³/mol. The zero-order valence-corrected chi connectivity index (χ0v) is 16.9. The summed E-state index contributed by atoms with van der Waals surface area (Å²) >= 11 is 0. The highest BCUT2D eigenvalue weighted by Gasteiger charge is 2.35. The normalized spacial score (nSPS) is 16.4. The van der Waals surface area contributed by atoms with Crippen LogP contribution in [-0.4, -0.2) is 14.5 Å². The van der Waals surface area contributed by atoms with Crippen LogP contribution in [0.4, 0.5) is 5.69 Å². The lowest BCUT2D eigenvalue weighted by atomic mass is 9.95. The lowest BCUT2D eigenvalue weighted by molar-refractivity contribution is 0.584. The Morgan fingerprint density at radius 3 is 2.18 bits per heavy atom. The van der Waals surface area contributed by atoms with E-state index in [4.69, 9.17) is 0 Å². The van der Waals surface area contributed by atoms with Gasteiger partial charge in [0, 0.05) is 5.56 Å². The smallest absolute Gasteiger partial charge is 0.258 e. The molecule has 1 atom stereocenters. The third-order valence-corrected chi connectivity index (χ3v) is 7.03. The van der Waals surface area contributed by atoms with Crippen molar-refractivity contribution >= 4 is 21.3 Å². The number of sulfonamides is 1. The van der Waals surface area contributed by atoms with Gasteiger partial charge in [0.05, 0.1) is 16.6 Å². The first-order chi connectivity index (χ1) is 13.5. The Labute approximate surface area is 167 Å². The number of benzene rings is 3. The third kappa shape index (κ3) is 3.36. The number of nitrogens with zero attached hydrogens (tertiary/aromatic N) is 1. The zero-order valence-electron chi connectivity index (χ0n) is 16.0. The fourth-order valence-corrected chi connectivity index (χ4v) is 5.37. The molecule has 142 valence electrons. The number of para-hydroxylation sites is 1. The van der Waals surface area contributed by atoms with Crippen LogP contribution in [0.15, 0.2) is 89.8 Å². The van der Waals surface area contributed by atoms with Gasteiger partial charge in [-0.2, -0.15) is 0 Å². The lowest BCUT2D eigenvalue weighted by Crippen LogP contribution is -2.43. The summed E-state index contributed by atoms with van der Waals surface area (Å²) in [4.78, 5) is 0.318. The standard InChI is InChI=1S/C24H23NO2S/c1-18-12-14-22(15-13-18)28(26,27)25-21(17-20-8-4-3-5-9-20)16-19(2)23-10-6-7-11-24(23)25/h3-16,21H,17H2,1-2H3. The minimum Gasteiger partial charge on any atom is -0.258 e. The molecule has 3 nitrogen and oxygen atoms in total. The topological polar surface area (TPSA) is 37.4 Å². The number of hydrogen-bond acceptors (Lipinski definition) is 2. The molecule has 0 saturated carbocycles. The van der Waals surface area contributed by atoms with E-state index in [1.807, 2.05) is 80.6 Å². The minimum absolute atomic E-state index is 0.274. The molecule has 0 N–H and O–H groups in total. The molecule has 1 aliphatic rings. The van der Waals surface area contributed by atoms with Crippen molar-refractivity contribution in [2.75, 3.05) is 4.31 Å². The van der Waals surface area contributed by atoms with Gasteiger partial charge in [0.15, 0.2) is 0 Å². The summed E-state index contributed by atoms with van der Waals surface area (Å²) in [6, 6.07) is 24.6. The van der Waals surface area contributed by atoms with E-state index in [0.29, 0.717) is 11.3 Å². The molecule has 0 fully saturated rings. The maximum Gasteiger partial charge on any atom is 0.264 e. The van der Waals surface area contributed by atoms with Gasteiger partial charge in [-0.15, -0.1) is 0 Å². The predicted octanol–water partition coefficient (Wildman–Crippen LogP) is 5.22. The third-order valence-electron chi connectivity index (χ3n) is 5.18. The van der Waals surface area contributed by atoms with Crippen LogP contribution in [0.1, 0.15) is 23.6 Å². The highest BCUT2D eigenvalue weighted by Crippen LogP contribution is 2.38. The molecule has 0 aromatic heterocycles. The fraction of sp³-hybridized carbons (Fsp3) is 0.167. The lowest BCUT2D eigenvalue weighted by Gasteiger charge is -2.36. The second-order valence-corrected chi connectivity index (χ2v) is 9.05. The van der Waals surface area contributed by atoms with E-state index in [1.54, 1.807) is 16.4 Å². The number of rotatable bonds is 4. The first kappa shape index (κ1) is 18.5. The van der Waals surface area contributed by atoms with Gasteiger partial charge in [-0.1, -0.05) is 72.3 Å². The first-order valence-corrected chi connectivity index (χ1v) is 10.8. The van der Waals surface area contributed by atoms with Crippen molar-refractivity contribution in [1.29, 1.82) is 0 Å². The van der Waals surface area contributed by atoms with Gasteiger partial charge in [0.25, 0.3) is 10.0 Å². The van der Waals surface area contributed by atoms with Crippen LogP contribution < -0.4 is 4.31 Å². The number of anilines is 1. The van der Waals surface area contributed by atoms with Crippen molar-refractivity contribution in [2.24, 2.45) is 0 Å². The highest BCUT2D eigenvalue weighted by atomic mass is 32.2. The number of allylic oxidation sites excluding steroid dienone is 1. The fourth-order valence-electron chi connectivity index (χ4n) is 3.75. The van der Waals surface area contributed by atoms with Crippen molar-refractivity contribution in [3.63, 3.8) is 0 Å². The molecule has 3 aromatic rings. The van der Waals surface area contributed by atoms with Gasteiger partial charge >= 0.3 is 0 Å². The average Bonchev–Trinajstić information content (AvgIpc) is 2.69. The van der Waals surface area contributed by atoms with Gasteiger partial charge in [-0.25, -0.2) is 8.42 Å². The Balaban J connectivity index is 1.85. The van der Waals surface area contributed by atoms with Crippen LogP contribution in [0, 0.1) is 6.92 Å². The molecule has 4 rings (SSSR count). The maximum absolute atomic E-state index is 13.7. The summed E-state index contributed by atoms with van der Waals surface area (Å²) in [7, 11) is -3.70. The molecule has 1 heterocycles. The molecule has 3 aromatic carbocycles. The summed E-state index contributed by atoms with van der Waals surface area (Å²) in [6.07, 6.45) is 2.69. The van der Waals surface area contributed by atoms with E-state index in [2.05, 4.69) is 6.08 Å². The van der Waals surface area contributed by atoms with Gasteiger partial charge in [0.2, 0.25) is 0 Å². The Morgan fingerprint density at radius 2 is 1.46 bits per heavy atom. The zero-order chi connectivity index (χ0) is 19.7. The molecular formula is C24H23NO2S. The Kier molecular flexibility index (Phi) is 4.82. The molecule has 0 saturated heterocycles. The SMILES string of the molecule is CC1=CC(Cc2ccccc2)N(S(=O)(=O)c2ccc(C)cc2)c2ccccc21. The van der Waals surface area contributed by atoms with Gasteiger partial charge in [-0.05, 0) is 49.6 Å². The first-order valence-electron chi connectivity index (χ1n) is 9.40. The van der Waals surface area contributed by atoms with E-state index in [1.165, 1.54) is 0 Å². The molecule has 0 bridgehead atoms. The van der Waals surface area contributed by atoms with E-state index in [0.717, 1.165) is 28.0 Å². The van der Waals surface area contributed by atoms with Crippen molar-refractivity contribution in [2.45, 2.75) is 31.2 Å². The molecule has 4 heteroatoms. The van der Waals surface area contributed by atoms with Crippen LogP contribution in [-0.2, 0) is 16.4 Å². The van der Waals surface area contributed by atoms with Crippen molar-refractivity contribution in [3.8, 4) is 0 Å². The van der Waals surface area contributed by atoms with Crippen LogP contribution in [0.5, 0.6) is 0 Å². The summed E-state index contributed by atoms with van der Waals surface area (Å²) in [5.41, 5.74) is 4.95. The monoisotopic (exact) mass is 389 g/mol. The van der Waals surface area contributed by atoms with E-state index < -0.39 is 10.0 Å². The highest BCUT2D eigenvalue weighted by molar-refractivity contribution is 7.92. The second-order valence-electron chi connectivity index (χ2n) is 7.24. The van der Waals surface area contributed by atoms with Crippen LogP contribution in [0.3, 0.4) is 0 Å². The van der Waals surface area contributed by atoms with E-state index in [-0.39, 0.29) is 6.04 Å². The Bertz CT molecular complexity index is 1120. The van der Waals surface area contributed by atoms with E-state index in [9.17, 15) is 8.42 Å². The summed E-state index contributed by atoms with van der Waals surface area (Å²) in [5, 5.41) is 0. The molecular weight excluding hydrogens is 366 g/mol. The Hall–Kier alpha value is -2.85. The largest absolute Gasteiger partial charge is 0.264 e. The Morgan fingerprint density at radius 1 is 0.821 bits per heavy atom. The van der Waals surface area contributed by atoms with Gasteiger partial charge < -0.3 is 0 Å². The molecule has 0 spiro atoms. The van der Waals surface area contributed by atoms with Crippen LogP contribution >= 0.6 is 0 Å². The average molecular weight is 390 g/mol. The van der Waals surface area contributed by atoms with Crippen molar-refractivity contribution in [1.82, 2.24) is 0 Å². The van der Waals surface area contributed by atoms with E-state index >= 15 is 0 Å². The van der Waals surface area contributed by atoms with Gasteiger partial charge in [-0.3, -0.25) is 4.31 Å². The van der Waals surface area contributed by atoms with Gasteiger partial charge in [0.1, 0.15) is 0 Å². The molecule has 1 aliphatic heterocycles. The molecule has 28 heavy (non-hydrogen) atoms. The minimum atomic E-state index is -3.70. The summed E-state index contributed by atoms with van der Waals surface area (Å²) in [5.74, 6) is 0. The van der Waals surface area contributed by atoms with Crippen LogP contribution in [0.25, 0.3) is 5.57 Å².